The third-order valence-corrected chi connectivity index (χ3v) is 7.64. The average Bonchev–Trinajstić information content (AvgIpc) is 2.28. The minimum Gasteiger partial charge on any atom is -0.223 e. The second kappa shape index (κ2) is 5.90. The average molecular weight is 380 g/mol. The van der Waals surface area contributed by atoms with Gasteiger partial charge in [-0.2, -0.15) is 0 Å². The lowest BCUT2D eigenvalue weighted by atomic mass is 9.90. The topological polar surface area (TPSA) is 34.1 Å². The van der Waals surface area contributed by atoms with E-state index in [0.29, 0.717) is 15.2 Å². The highest BCUT2D eigenvalue weighted by Crippen LogP contribution is 2.32. The van der Waals surface area contributed by atoms with Crippen molar-refractivity contribution in [2.45, 2.75) is 48.2 Å². The maximum absolute atomic E-state index is 12.4. The van der Waals surface area contributed by atoms with Gasteiger partial charge in [-0.25, -0.2) is 8.42 Å². The van der Waals surface area contributed by atoms with E-state index in [2.05, 4.69) is 43.4 Å². The molecular formula is C14H21IO2S. The van der Waals surface area contributed by atoms with Crippen molar-refractivity contribution in [1.29, 1.82) is 0 Å². The van der Waals surface area contributed by atoms with Crippen molar-refractivity contribution in [2.75, 3.05) is 0 Å². The molecule has 4 heteroatoms. The lowest BCUT2D eigenvalue weighted by Gasteiger charge is -2.28. The fourth-order valence-electron chi connectivity index (χ4n) is 1.61. The fourth-order valence-corrected chi connectivity index (χ4v) is 4.17. The summed E-state index contributed by atoms with van der Waals surface area (Å²) in [6.07, 6.45) is 0.682. The minimum atomic E-state index is -3.20. The van der Waals surface area contributed by atoms with E-state index in [4.69, 9.17) is 0 Å². The Hall–Kier alpha value is -0.1000. The molecule has 0 heterocycles. The van der Waals surface area contributed by atoms with Crippen LogP contribution in [0.15, 0.2) is 35.2 Å². The van der Waals surface area contributed by atoms with E-state index in [-0.39, 0.29) is 10.7 Å². The molecule has 0 aliphatic carbocycles. The molecule has 1 aromatic carbocycles. The molecule has 0 saturated heterocycles. The van der Waals surface area contributed by atoms with E-state index in [0.717, 1.165) is 0 Å². The van der Waals surface area contributed by atoms with E-state index in [1.54, 1.807) is 31.2 Å². The highest BCUT2D eigenvalue weighted by atomic mass is 127. The second-order valence-electron chi connectivity index (χ2n) is 5.74. The van der Waals surface area contributed by atoms with Crippen molar-refractivity contribution in [3.05, 3.63) is 30.3 Å². The summed E-state index contributed by atoms with van der Waals surface area (Å²) < 4.78 is 25.1. The van der Waals surface area contributed by atoms with Crippen molar-refractivity contribution in [3.8, 4) is 0 Å². The molecule has 0 bridgehead atoms. The standard InChI is InChI=1S/C14H21IO2S/c1-11(10-13(15)14(2,3)4)18(16,17)12-8-6-5-7-9-12/h5-9,11,13H,10H2,1-4H3/t11-,13+/m1/s1. The number of rotatable bonds is 4. The highest BCUT2D eigenvalue weighted by Gasteiger charge is 2.30. The molecule has 0 unspecified atom stereocenters. The molecule has 0 aliphatic rings. The van der Waals surface area contributed by atoms with E-state index in [1.807, 2.05) is 6.07 Å². The van der Waals surface area contributed by atoms with Crippen molar-refractivity contribution in [2.24, 2.45) is 5.41 Å². The molecule has 2 nitrogen and oxygen atoms in total. The van der Waals surface area contributed by atoms with Crippen LogP contribution in [0.1, 0.15) is 34.1 Å². The van der Waals surface area contributed by atoms with Crippen LogP contribution in [-0.4, -0.2) is 17.6 Å². The molecule has 0 radical (unpaired) electrons. The van der Waals surface area contributed by atoms with Gasteiger partial charge in [-0.15, -0.1) is 0 Å². The summed E-state index contributed by atoms with van der Waals surface area (Å²) in [5.41, 5.74) is 0.126. The van der Waals surface area contributed by atoms with Gasteiger partial charge in [0.25, 0.3) is 0 Å². The van der Waals surface area contributed by atoms with Gasteiger partial charge in [0.15, 0.2) is 9.84 Å². The Morgan fingerprint density at radius 3 is 2.11 bits per heavy atom. The van der Waals surface area contributed by atoms with Crippen molar-refractivity contribution < 1.29 is 8.42 Å². The van der Waals surface area contributed by atoms with E-state index in [1.165, 1.54) is 0 Å². The lowest BCUT2D eigenvalue weighted by Crippen LogP contribution is -2.28. The van der Waals surface area contributed by atoms with Crippen LogP contribution in [0.5, 0.6) is 0 Å². The Morgan fingerprint density at radius 2 is 1.67 bits per heavy atom. The third-order valence-electron chi connectivity index (χ3n) is 3.08. The van der Waals surface area contributed by atoms with Gasteiger partial charge in [0.05, 0.1) is 10.1 Å². The number of sulfone groups is 1. The largest absolute Gasteiger partial charge is 0.223 e. The van der Waals surface area contributed by atoms with Gasteiger partial charge in [-0.05, 0) is 30.9 Å². The summed E-state index contributed by atoms with van der Waals surface area (Å²) in [5.74, 6) is 0. The van der Waals surface area contributed by atoms with Gasteiger partial charge >= 0.3 is 0 Å². The second-order valence-corrected chi connectivity index (χ2v) is 9.61. The van der Waals surface area contributed by atoms with Crippen LogP contribution in [0.3, 0.4) is 0 Å². The number of halogens is 1. The molecule has 1 rings (SSSR count). The monoisotopic (exact) mass is 380 g/mol. The first kappa shape index (κ1) is 16.0. The van der Waals surface area contributed by atoms with Gasteiger partial charge in [0, 0.05) is 3.92 Å². The quantitative estimate of drug-likeness (QED) is 0.583. The zero-order chi connectivity index (χ0) is 14.0. The van der Waals surface area contributed by atoms with Gasteiger partial charge < -0.3 is 0 Å². The van der Waals surface area contributed by atoms with Crippen LogP contribution < -0.4 is 0 Å². The number of hydrogen-bond acceptors (Lipinski definition) is 2. The Morgan fingerprint density at radius 1 is 1.17 bits per heavy atom. The molecule has 0 aromatic heterocycles. The van der Waals surface area contributed by atoms with Gasteiger partial charge in [-0.3, -0.25) is 0 Å². The third kappa shape index (κ3) is 3.95. The summed E-state index contributed by atoms with van der Waals surface area (Å²) in [6, 6.07) is 8.71. The van der Waals surface area contributed by atoms with E-state index in [9.17, 15) is 8.42 Å². The molecular weight excluding hydrogens is 359 g/mol. The minimum absolute atomic E-state index is 0.126. The molecule has 1 aromatic rings. The Balaban J connectivity index is 2.88. The summed E-state index contributed by atoms with van der Waals surface area (Å²) in [4.78, 5) is 0.426. The lowest BCUT2D eigenvalue weighted by molar-refractivity contribution is 0.390. The molecule has 2 atom stereocenters. The SMILES string of the molecule is C[C@H](C[C@H](I)C(C)(C)C)S(=O)(=O)c1ccccc1. The number of benzene rings is 1. The smallest absolute Gasteiger partial charge is 0.180 e. The molecule has 102 valence electrons. The fraction of sp³-hybridized carbons (Fsp3) is 0.571. The molecule has 0 spiro atoms. The Kier molecular flexibility index (Phi) is 5.23. The maximum Gasteiger partial charge on any atom is 0.180 e. The van der Waals surface area contributed by atoms with Crippen LogP contribution in [0.4, 0.5) is 0 Å². The van der Waals surface area contributed by atoms with Crippen LogP contribution >= 0.6 is 22.6 Å². The predicted molar refractivity (Wildman–Crippen MR) is 85.0 cm³/mol. The number of hydrogen-bond donors (Lipinski definition) is 0. The maximum atomic E-state index is 12.4. The molecule has 0 N–H and O–H groups in total. The number of alkyl halides is 1. The first-order chi connectivity index (χ1) is 8.15. The zero-order valence-electron chi connectivity index (χ0n) is 11.4. The Bertz CT molecular complexity index is 474. The predicted octanol–water partition coefficient (Wildman–Crippen LogP) is 4.09. The van der Waals surface area contributed by atoms with Gasteiger partial charge in [0.1, 0.15) is 0 Å². The van der Waals surface area contributed by atoms with Crippen molar-refractivity contribution >= 4 is 32.4 Å². The summed E-state index contributed by atoms with van der Waals surface area (Å²) in [5, 5.41) is -0.346. The highest BCUT2D eigenvalue weighted by molar-refractivity contribution is 14.1. The van der Waals surface area contributed by atoms with E-state index >= 15 is 0 Å². The zero-order valence-corrected chi connectivity index (χ0v) is 14.3. The molecule has 0 amide bonds. The van der Waals surface area contributed by atoms with Crippen LogP contribution in [-0.2, 0) is 9.84 Å². The van der Waals surface area contributed by atoms with Crippen molar-refractivity contribution in [1.82, 2.24) is 0 Å². The summed E-state index contributed by atoms with van der Waals surface area (Å²) in [7, 11) is -3.20. The van der Waals surface area contributed by atoms with Crippen LogP contribution in [0, 0.1) is 5.41 Å². The first-order valence-electron chi connectivity index (χ1n) is 6.08. The molecule has 0 aliphatic heterocycles. The van der Waals surface area contributed by atoms with Crippen LogP contribution in [0.2, 0.25) is 0 Å². The normalized spacial score (nSPS) is 16.3. The summed E-state index contributed by atoms with van der Waals surface area (Å²) in [6.45, 7) is 8.24. The van der Waals surface area contributed by atoms with Crippen molar-refractivity contribution in [3.63, 3.8) is 0 Å². The van der Waals surface area contributed by atoms with Gasteiger partial charge in [0.2, 0.25) is 0 Å². The first-order valence-corrected chi connectivity index (χ1v) is 8.88. The van der Waals surface area contributed by atoms with Crippen LogP contribution in [0.25, 0.3) is 0 Å². The molecule has 0 fully saturated rings. The molecule has 18 heavy (non-hydrogen) atoms. The molecule has 0 saturated carbocycles. The summed E-state index contributed by atoms with van der Waals surface area (Å²) >= 11 is 2.36. The van der Waals surface area contributed by atoms with E-state index < -0.39 is 9.84 Å². The Labute approximate surface area is 124 Å². The van der Waals surface area contributed by atoms with Gasteiger partial charge in [-0.1, -0.05) is 61.6 Å².